The van der Waals surface area contributed by atoms with E-state index in [9.17, 15) is 22.0 Å². The molecule has 0 saturated carbocycles. The van der Waals surface area contributed by atoms with E-state index in [-0.39, 0.29) is 38.0 Å². The van der Waals surface area contributed by atoms with Crippen molar-refractivity contribution >= 4 is 38.9 Å². The van der Waals surface area contributed by atoms with Crippen LogP contribution in [0.2, 0.25) is 10.0 Å². The van der Waals surface area contributed by atoms with Crippen LogP contribution in [0.5, 0.6) is 0 Å². The van der Waals surface area contributed by atoms with Gasteiger partial charge in [0.15, 0.2) is 0 Å². The zero-order chi connectivity index (χ0) is 17.5. The fourth-order valence-corrected chi connectivity index (χ4v) is 2.97. The van der Waals surface area contributed by atoms with Gasteiger partial charge >= 0.3 is 12.2 Å². The number of sulfonamides is 1. The van der Waals surface area contributed by atoms with Crippen LogP contribution >= 0.6 is 23.2 Å². The summed E-state index contributed by atoms with van der Waals surface area (Å²) in [6.45, 7) is -1.85. The molecule has 0 unspecified atom stereocenters. The summed E-state index contributed by atoms with van der Waals surface area (Å²) in [5, 5.41) is 3.63. The van der Waals surface area contributed by atoms with Crippen molar-refractivity contribution in [3.8, 4) is 5.69 Å². The molecule has 13 heteroatoms. The first-order valence-electron chi connectivity index (χ1n) is 5.95. The molecule has 2 aromatic rings. The first-order valence-corrected chi connectivity index (χ1v) is 8.59. The van der Waals surface area contributed by atoms with E-state index in [4.69, 9.17) is 23.2 Å². The van der Waals surface area contributed by atoms with E-state index in [2.05, 4.69) is 9.82 Å². The third kappa shape index (κ3) is 4.04. The molecule has 1 aromatic heterocycles. The summed E-state index contributed by atoms with van der Waals surface area (Å²) in [7, 11) is -3.65. The van der Waals surface area contributed by atoms with Crippen LogP contribution in [0, 0.1) is 6.92 Å². The Bertz CT molecular complexity index is 926. The lowest BCUT2D eigenvalue weighted by Gasteiger charge is -2.10. The summed E-state index contributed by atoms with van der Waals surface area (Å²) in [6, 6.07) is 2.31. The molecule has 0 radical (unpaired) electrons. The fraction of sp³-hybridized carbons (Fsp3) is 0.273. The van der Waals surface area contributed by atoms with Gasteiger partial charge in [-0.1, -0.05) is 23.2 Å². The van der Waals surface area contributed by atoms with E-state index in [1.165, 1.54) is 13.0 Å². The van der Waals surface area contributed by atoms with Gasteiger partial charge in [-0.25, -0.2) is 17.8 Å². The Morgan fingerprint density at radius 3 is 2.29 bits per heavy atom. The molecule has 0 aliphatic carbocycles. The third-order valence-electron chi connectivity index (χ3n) is 2.74. The Morgan fingerprint density at radius 1 is 1.25 bits per heavy atom. The van der Waals surface area contributed by atoms with Crippen molar-refractivity contribution in [2.24, 2.45) is 0 Å². The summed E-state index contributed by atoms with van der Waals surface area (Å²) >= 11 is 11.8. The molecule has 0 spiro atoms. The van der Waals surface area contributed by atoms with E-state index in [0.29, 0.717) is 4.68 Å². The van der Waals surface area contributed by atoms with Gasteiger partial charge in [0.1, 0.15) is 5.82 Å². The Morgan fingerprint density at radius 2 is 1.83 bits per heavy atom. The second kappa shape index (κ2) is 7.05. The van der Waals surface area contributed by atoms with Crippen LogP contribution in [0.1, 0.15) is 12.4 Å². The summed E-state index contributed by atoms with van der Waals surface area (Å²) in [6.07, 6.45) is 0.902. The maximum atomic E-state index is 12.8. The molecule has 0 fully saturated rings. The molecule has 8 nitrogen and oxygen atoms in total. The molecule has 2 rings (SSSR count). The highest BCUT2D eigenvalue weighted by molar-refractivity contribution is 7.92. The monoisotopic (exact) mass is 403 g/mol. The maximum absolute atomic E-state index is 12.8. The van der Waals surface area contributed by atoms with Crippen molar-refractivity contribution in [2.45, 2.75) is 13.5 Å². The molecule has 4 N–H and O–H groups in total. The van der Waals surface area contributed by atoms with Crippen molar-refractivity contribution < 1.29 is 17.2 Å². The van der Waals surface area contributed by atoms with Crippen LogP contribution in [-0.4, -0.2) is 29.0 Å². The van der Waals surface area contributed by atoms with Crippen LogP contribution < -0.4 is 16.6 Å². The lowest BCUT2D eigenvalue weighted by molar-refractivity contribution is 0.0640. The Labute approximate surface area is 145 Å². The minimum absolute atomic E-state index is 0. The summed E-state index contributed by atoms with van der Waals surface area (Å²) in [5.41, 5.74) is -1.27. The largest absolute Gasteiger partial charge is 0.355 e. The lowest BCUT2D eigenvalue weighted by atomic mass is 10.3. The average Bonchev–Trinajstić information content (AvgIpc) is 2.66. The zero-order valence-electron chi connectivity index (χ0n) is 12.4. The summed E-state index contributed by atoms with van der Waals surface area (Å²) in [5.74, 6) is -0.228. The van der Waals surface area contributed by atoms with Crippen molar-refractivity contribution in [3.05, 3.63) is 38.5 Å². The maximum Gasteiger partial charge on any atom is 0.355 e. The lowest BCUT2D eigenvalue weighted by Crippen LogP contribution is -2.25. The Hall–Kier alpha value is -1.69. The molecule has 0 aliphatic heterocycles. The number of alkyl halides is 2. The number of aromatic nitrogens is 3. The fourth-order valence-electron chi connectivity index (χ4n) is 1.84. The highest BCUT2D eigenvalue weighted by Crippen LogP contribution is 2.31. The molecule has 0 aliphatic rings. The SMILES string of the molecule is Cc1nn(-c2cc(NS(C)(=O)=O)c(Cl)cc2Cl)c(=O)n1C(F)F.N. The minimum Gasteiger partial charge on any atom is -0.344 e. The number of benzene rings is 1. The van der Waals surface area contributed by atoms with Gasteiger partial charge in [-0.15, -0.1) is 5.10 Å². The van der Waals surface area contributed by atoms with Crippen molar-refractivity contribution in [3.63, 3.8) is 0 Å². The van der Waals surface area contributed by atoms with Gasteiger partial charge in [0.05, 0.1) is 27.7 Å². The Balaban J connectivity index is 0.00000288. The molecule has 24 heavy (non-hydrogen) atoms. The van der Waals surface area contributed by atoms with E-state index < -0.39 is 22.3 Å². The topological polar surface area (TPSA) is 121 Å². The molecule has 134 valence electrons. The number of nitrogens with zero attached hydrogens (tertiary/aromatic N) is 3. The zero-order valence-corrected chi connectivity index (χ0v) is 14.8. The van der Waals surface area contributed by atoms with Crippen LogP contribution in [-0.2, 0) is 10.0 Å². The van der Waals surface area contributed by atoms with Gasteiger partial charge in [-0.2, -0.15) is 13.5 Å². The van der Waals surface area contributed by atoms with Crippen molar-refractivity contribution in [2.75, 3.05) is 11.0 Å². The molecule has 0 atom stereocenters. The van der Waals surface area contributed by atoms with Crippen molar-refractivity contribution in [1.82, 2.24) is 20.5 Å². The predicted molar refractivity (Wildman–Crippen MR) is 87.3 cm³/mol. The van der Waals surface area contributed by atoms with E-state index in [1.54, 1.807) is 0 Å². The van der Waals surface area contributed by atoms with E-state index in [1.807, 2.05) is 0 Å². The second-order valence-corrected chi connectivity index (χ2v) is 7.11. The van der Waals surface area contributed by atoms with Gasteiger partial charge in [0.25, 0.3) is 0 Å². The molecule has 0 bridgehead atoms. The van der Waals surface area contributed by atoms with Gasteiger partial charge < -0.3 is 6.15 Å². The molecular formula is C11H13Cl2F2N5O3S. The molecular weight excluding hydrogens is 391 g/mol. The molecule has 1 aromatic carbocycles. The number of halogens is 4. The molecule has 0 saturated heterocycles. The van der Waals surface area contributed by atoms with Crippen LogP contribution in [0.4, 0.5) is 14.5 Å². The summed E-state index contributed by atoms with van der Waals surface area (Å²) in [4.78, 5) is 12.0. The highest BCUT2D eigenvalue weighted by Gasteiger charge is 2.21. The number of nitrogens with one attached hydrogen (secondary N) is 1. The number of aryl methyl sites for hydroxylation is 1. The normalized spacial score (nSPS) is 11.5. The number of hydrogen-bond donors (Lipinski definition) is 2. The minimum atomic E-state index is -3.65. The van der Waals surface area contributed by atoms with Gasteiger partial charge in [-0.05, 0) is 19.1 Å². The average molecular weight is 404 g/mol. The third-order valence-corrected chi connectivity index (χ3v) is 3.94. The van der Waals surface area contributed by atoms with E-state index in [0.717, 1.165) is 12.3 Å². The highest BCUT2D eigenvalue weighted by atomic mass is 35.5. The Kier molecular flexibility index (Phi) is 5.98. The summed E-state index contributed by atoms with van der Waals surface area (Å²) < 4.78 is 51.3. The number of rotatable bonds is 4. The molecule has 0 amide bonds. The van der Waals surface area contributed by atoms with Gasteiger partial charge in [0, 0.05) is 0 Å². The van der Waals surface area contributed by atoms with Gasteiger partial charge in [-0.3, -0.25) is 4.72 Å². The quantitative estimate of drug-likeness (QED) is 0.812. The number of anilines is 1. The standard InChI is InChI=1S/C11H10Cl2F2N4O3S.H3N/c1-5-16-19(11(20)18(5)10(14)15)9-4-8(17-23(2,21)22)6(12)3-7(9)13;/h3-4,10,17H,1-2H3;1H3. The van der Waals surface area contributed by atoms with E-state index >= 15 is 0 Å². The van der Waals surface area contributed by atoms with Crippen molar-refractivity contribution in [1.29, 1.82) is 0 Å². The number of hydrogen-bond acceptors (Lipinski definition) is 5. The smallest absolute Gasteiger partial charge is 0.344 e. The second-order valence-electron chi connectivity index (χ2n) is 4.55. The van der Waals surface area contributed by atoms with Crippen LogP contribution in [0.25, 0.3) is 5.69 Å². The van der Waals surface area contributed by atoms with Crippen LogP contribution in [0.15, 0.2) is 16.9 Å². The first-order chi connectivity index (χ1) is 10.5. The predicted octanol–water partition coefficient (Wildman–Crippen LogP) is 2.58. The first kappa shape index (κ1) is 20.4. The van der Waals surface area contributed by atoms with Crippen LogP contribution in [0.3, 0.4) is 0 Å². The van der Waals surface area contributed by atoms with Gasteiger partial charge in [0.2, 0.25) is 10.0 Å². The molecule has 1 heterocycles.